The average Bonchev–Trinajstić information content (AvgIpc) is 2.85. The minimum atomic E-state index is -4.01. The summed E-state index contributed by atoms with van der Waals surface area (Å²) in [4.78, 5) is 21.8. The molecule has 0 aliphatic carbocycles. The molecule has 0 spiro atoms. The van der Waals surface area contributed by atoms with E-state index in [0.29, 0.717) is 0 Å². The highest BCUT2D eigenvalue weighted by atomic mass is 32.2. The van der Waals surface area contributed by atoms with Crippen LogP contribution in [0, 0.1) is 0 Å². The van der Waals surface area contributed by atoms with Gasteiger partial charge in [0.25, 0.3) is 10.0 Å². The fraction of sp³-hybridized carbons (Fsp3) is 0.444. The lowest BCUT2D eigenvalue weighted by Gasteiger charge is -2.06. The number of aromatic nitrogens is 2. The third-order valence-corrected chi connectivity index (χ3v) is 3.44. The number of ether oxygens (including phenoxy) is 2. The minimum Gasteiger partial charge on any atom is -0.462 e. The van der Waals surface area contributed by atoms with Crippen LogP contribution in [0.25, 0.3) is 0 Å². The quantitative estimate of drug-likeness (QED) is 0.429. The van der Waals surface area contributed by atoms with Gasteiger partial charge in [0, 0.05) is 6.54 Å². The Kier molecular flexibility index (Phi) is 5.46. The molecule has 0 unspecified atom stereocenters. The fourth-order valence-electron chi connectivity index (χ4n) is 1.23. The number of aromatic amines is 1. The smallest absolute Gasteiger partial charge is 0.404 e. The van der Waals surface area contributed by atoms with Gasteiger partial charge < -0.3 is 15.2 Å². The number of nitrogens with one attached hydrogen (secondary N) is 2. The molecule has 1 aromatic heterocycles. The van der Waals surface area contributed by atoms with E-state index in [1.54, 1.807) is 6.92 Å². The van der Waals surface area contributed by atoms with Crippen molar-refractivity contribution < 1.29 is 27.5 Å². The lowest BCUT2D eigenvalue weighted by Crippen LogP contribution is -2.30. The lowest BCUT2D eigenvalue weighted by molar-refractivity contribution is 0.0521. The van der Waals surface area contributed by atoms with E-state index in [9.17, 15) is 18.0 Å². The third kappa shape index (κ3) is 4.20. The maximum Gasteiger partial charge on any atom is 0.404 e. The number of hydrogen-bond donors (Lipinski definition) is 3. The number of amides is 1. The van der Waals surface area contributed by atoms with E-state index >= 15 is 0 Å². The van der Waals surface area contributed by atoms with Crippen LogP contribution in [0.2, 0.25) is 0 Å². The van der Waals surface area contributed by atoms with E-state index in [2.05, 4.69) is 19.7 Å². The van der Waals surface area contributed by atoms with E-state index in [0.717, 1.165) is 6.20 Å². The molecule has 1 amide bonds. The highest BCUT2D eigenvalue weighted by Gasteiger charge is 2.25. The zero-order valence-corrected chi connectivity index (χ0v) is 11.4. The van der Waals surface area contributed by atoms with Gasteiger partial charge in [-0.3, -0.25) is 5.10 Å². The largest absolute Gasteiger partial charge is 0.462 e. The van der Waals surface area contributed by atoms with Crippen LogP contribution in [0.1, 0.15) is 17.3 Å². The standard InChI is InChI=1S/C9H14N4O6S/c1-2-18-8(14)6-5-11-13-7(6)20(16,17)12-3-4-19-9(10)15/h5,12H,2-4H2,1H3,(H2,10,15)(H,11,13). The normalized spacial score (nSPS) is 11.1. The molecule has 1 rings (SSSR count). The third-order valence-electron chi connectivity index (χ3n) is 2.01. The molecule has 0 aliphatic rings. The average molecular weight is 306 g/mol. The number of esters is 1. The van der Waals surface area contributed by atoms with Crippen molar-refractivity contribution in [2.24, 2.45) is 5.73 Å². The summed E-state index contributed by atoms with van der Waals surface area (Å²) in [5, 5.41) is 5.28. The minimum absolute atomic E-state index is 0.101. The van der Waals surface area contributed by atoms with Crippen molar-refractivity contribution in [1.82, 2.24) is 14.9 Å². The van der Waals surface area contributed by atoms with E-state index in [4.69, 9.17) is 10.5 Å². The van der Waals surface area contributed by atoms with E-state index in [-0.39, 0.29) is 25.3 Å². The molecule has 4 N–H and O–H groups in total. The van der Waals surface area contributed by atoms with Crippen LogP contribution in [0.3, 0.4) is 0 Å². The molecule has 10 nitrogen and oxygen atoms in total. The fourth-order valence-corrected chi connectivity index (χ4v) is 2.33. The monoisotopic (exact) mass is 306 g/mol. The maximum absolute atomic E-state index is 11.9. The van der Waals surface area contributed by atoms with Crippen molar-refractivity contribution in [3.63, 3.8) is 0 Å². The molecule has 0 atom stereocenters. The van der Waals surface area contributed by atoms with Crippen LogP contribution in [-0.4, -0.2) is 50.4 Å². The highest BCUT2D eigenvalue weighted by molar-refractivity contribution is 7.89. The first-order valence-electron chi connectivity index (χ1n) is 5.51. The van der Waals surface area contributed by atoms with Crippen LogP contribution in [0.4, 0.5) is 4.79 Å². The SMILES string of the molecule is CCOC(=O)c1cn[nH]c1S(=O)(=O)NCCOC(N)=O. The van der Waals surface area contributed by atoms with Crippen molar-refractivity contribution in [3.8, 4) is 0 Å². The van der Waals surface area contributed by atoms with E-state index in [1.807, 2.05) is 0 Å². The molecule has 20 heavy (non-hydrogen) atoms. The zero-order chi connectivity index (χ0) is 15.2. The molecule has 11 heteroatoms. The zero-order valence-electron chi connectivity index (χ0n) is 10.6. The van der Waals surface area contributed by atoms with Crippen LogP contribution in [0.5, 0.6) is 0 Å². The Balaban J connectivity index is 2.75. The molecule has 0 saturated heterocycles. The number of H-pyrrole nitrogens is 1. The number of nitrogens with zero attached hydrogens (tertiary/aromatic N) is 1. The van der Waals surface area contributed by atoms with E-state index < -0.39 is 27.1 Å². The topological polar surface area (TPSA) is 153 Å². The molecule has 0 bridgehead atoms. The summed E-state index contributed by atoms with van der Waals surface area (Å²) >= 11 is 0. The number of rotatable bonds is 7. The van der Waals surface area contributed by atoms with Crippen molar-refractivity contribution in [3.05, 3.63) is 11.8 Å². The molecule has 0 fully saturated rings. The molecular weight excluding hydrogens is 292 g/mol. The molecule has 0 radical (unpaired) electrons. The number of nitrogens with two attached hydrogens (primary N) is 1. The predicted molar refractivity (Wildman–Crippen MR) is 65.3 cm³/mol. The van der Waals surface area contributed by atoms with Crippen molar-refractivity contribution in [2.45, 2.75) is 11.9 Å². The maximum atomic E-state index is 11.9. The second-order valence-electron chi connectivity index (χ2n) is 3.40. The summed E-state index contributed by atoms with van der Waals surface area (Å²) in [5.74, 6) is -0.810. The summed E-state index contributed by atoms with van der Waals surface area (Å²) in [6.45, 7) is 1.25. The Hall–Kier alpha value is -2.14. The Morgan fingerprint density at radius 2 is 2.15 bits per heavy atom. The molecule has 0 aliphatic heterocycles. The van der Waals surface area contributed by atoms with Gasteiger partial charge in [-0.05, 0) is 6.92 Å². The number of hydrogen-bond acceptors (Lipinski definition) is 7. The Labute approximate surface area is 114 Å². The molecule has 0 saturated carbocycles. The van der Waals surface area contributed by atoms with E-state index in [1.165, 1.54) is 0 Å². The first-order valence-corrected chi connectivity index (χ1v) is 6.99. The van der Waals surface area contributed by atoms with Crippen molar-refractivity contribution in [2.75, 3.05) is 19.8 Å². The van der Waals surface area contributed by atoms with Gasteiger partial charge in [-0.15, -0.1) is 0 Å². The van der Waals surface area contributed by atoms with Gasteiger partial charge in [-0.25, -0.2) is 22.7 Å². The summed E-state index contributed by atoms with van der Waals surface area (Å²) < 4.78 is 35.0. The second-order valence-corrected chi connectivity index (χ2v) is 5.10. The Bertz CT molecular complexity index is 581. The molecule has 0 aromatic carbocycles. The van der Waals surface area contributed by atoms with Gasteiger partial charge in [-0.2, -0.15) is 5.10 Å². The Morgan fingerprint density at radius 1 is 1.45 bits per heavy atom. The van der Waals surface area contributed by atoms with Crippen molar-refractivity contribution >= 4 is 22.1 Å². The van der Waals surface area contributed by atoms with Gasteiger partial charge in [0.2, 0.25) is 0 Å². The highest BCUT2D eigenvalue weighted by Crippen LogP contribution is 2.12. The first kappa shape index (κ1) is 15.9. The van der Waals surface area contributed by atoms with Crippen LogP contribution >= 0.6 is 0 Å². The van der Waals surface area contributed by atoms with Crippen molar-refractivity contribution in [1.29, 1.82) is 0 Å². The van der Waals surface area contributed by atoms with Gasteiger partial charge in [0.05, 0.1) is 12.8 Å². The van der Waals surface area contributed by atoms with Crippen LogP contribution in [0.15, 0.2) is 11.2 Å². The molecule has 1 aromatic rings. The van der Waals surface area contributed by atoms with Gasteiger partial charge in [0.15, 0.2) is 5.03 Å². The molecule has 1 heterocycles. The number of sulfonamides is 1. The number of carbonyl (C=O) groups excluding carboxylic acids is 2. The first-order chi connectivity index (χ1) is 9.38. The second kappa shape index (κ2) is 6.86. The van der Waals surface area contributed by atoms with Crippen LogP contribution < -0.4 is 10.5 Å². The number of primary amides is 1. The lowest BCUT2D eigenvalue weighted by atomic mass is 10.4. The summed E-state index contributed by atoms with van der Waals surface area (Å²) in [6, 6.07) is 0. The summed E-state index contributed by atoms with van der Waals surface area (Å²) in [5.41, 5.74) is 4.51. The molecular formula is C9H14N4O6S. The summed E-state index contributed by atoms with van der Waals surface area (Å²) in [7, 11) is -4.01. The molecule has 112 valence electrons. The van der Waals surface area contributed by atoms with Crippen LogP contribution in [-0.2, 0) is 19.5 Å². The van der Waals surface area contributed by atoms with Gasteiger partial charge in [0.1, 0.15) is 12.2 Å². The Morgan fingerprint density at radius 3 is 2.75 bits per heavy atom. The van der Waals surface area contributed by atoms with Gasteiger partial charge >= 0.3 is 12.1 Å². The summed E-state index contributed by atoms with van der Waals surface area (Å²) in [6.07, 6.45) is 0.0323. The predicted octanol–water partition coefficient (Wildman–Crippen LogP) is -1.04. The number of carbonyl (C=O) groups is 2. The van der Waals surface area contributed by atoms with Gasteiger partial charge in [-0.1, -0.05) is 0 Å².